The van der Waals surface area contributed by atoms with Crippen LogP contribution in [0.25, 0.3) is 0 Å². The van der Waals surface area contributed by atoms with Crippen molar-refractivity contribution in [3.8, 4) is 0 Å². The van der Waals surface area contributed by atoms with Gasteiger partial charge in [0.1, 0.15) is 6.04 Å². The van der Waals surface area contributed by atoms with Gasteiger partial charge >= 0.3 is 5.97 Å². The van der Waals surface area contributed by atoms with Crippen molar-refractivity contribution in [1.29, 1.82) is 0 Å². The van der Waals surface area contributed by atoms with E-state index in [9.17, 15) is 9.59 Å². The van der Waals surface area contributed by atoms with E-state index in [4.69, 9.17) is 5.11 Å². The van der Waals surface area contributed by atoms with Crippen LogP contribution in [0.1, 0.15) is 26.3 Å². The number of carboxylic acids is 1. The average molecular weight is 307 g/mol. The Morgan fingerprint density at radius 3 is 2.36 bits per heavy atom. The number of carboxylic acid groups (broad SMARTS) is 1. The van der Waals surface area contributed by atoms with E-state index in [1.807, 2.05) is 24.1 Å². The smallest absolute Gasteiger partial charge is 0.326 e. The fourth-order valence-corrected chi connectivity index (χ4v) is 2.04. The number of hydrogen-bond donors (Lipinski definition) is 2. The van der Waals surface area contributed by atoms with Crippen molar-refractivity contribution in [2.24, 2.45) is 5.92 Å². The monoisotopic (exact) mass is 307 g/mol. The Bertz CT molecular complexity index is 491. The Balaban J connectivity index is 2.52. The average Bonchev–Trinajstić information content (AvgIpc) is 2.49. The zero-order valence-electron chi connectivity index (χ0n) is 13.6. The Morgan fingerprint density at radius 1 is 1.27 bits per heavy atom. The minimum absolute atomic E-state index is 0.157. The van der Waals surface area contributed by atoms with E-state index < -0.39 is 12.0 Å². The number of pyridine rings is 1. The predicted molar refractivity (Wildman–Crippen MR) is 84.4 cm³/mol. The van der Waals surface area contributed by atoms with E-state index in [0.717, 1.165) is 12.0 Å². The number of aliphatic carboxylic acids is 1. The van der Waals surface area contributed by atoms with Crippen molar-refractivity contribution in [3.05, 3.63) is 30.1 Å². The molecule has 122 valence electrons. The van der Waals surface area contributed by atoms with E-state index in [0.29, 0.717) is 6.54 Å². The summed E-state index contributed by atoms with van der Waals surface area (Å²) < 4.78 is 0. The molecule has 0 bridgehead atoms. The predicted octanol–water partition coefficient (Wildman–Crippen LogP) is 1.17. The third-order valence-corrected chi connectivity index (χ3v) is 3.77. The topological polar surface area (TPSA) is 82.5 Å². The minimum Gasteiger partial charge on any atom is -0.480 e. The van der Waals surface area contributed by atoms with Gasteiger partial charge in [0.2, 0.25) is 5.91 Å². The van der Waals surface area contributed by atoms with Gasteiger partial charge in [-0.25, -0.2) is 4.79 Å². The molecule has 1 rings (SSSR count). The quantitative estimate of drug-likeness (QED) is 0.753. The molecule has 6 nitrogen and oxygen atoms in total. The van der Waals surface area contributed by atoms with Crippen LogP contribution in [0, 0.1) is 5.92 Å². The van der Waals surface area contributed by atoms with Crippen molar-refractivity contribution in [3.63, 3.8) is 0 Å². The largest absolute Gasteiger partial charge is 0.480 e. The molecular weight excluding hydrogens is 282 g/mol. The van der Waals surface area contributed by atoms with Gasteiger partial charge in [-0.1, -0.05) is 13.8 Å². The van der Waals surface area contributed by atoms with Crippen LogP contribution in [0.5, 0.6) is 0 Å². The Hall–Kier alpha value is -1.95. The van der Waals surface area contributed by atoms with Gasteiger partial charge in [-0.05, 0) is 44.0 Å². The lowest BCUT2D eigenvalue weighted by Crippen LogP contribution is -2.51. The molecule has 1 aromatic rings. The number of nitrogens with zero attached hydrogens (tertiary/aromatic N) is 2. The summed E-state index contributed by atoms with van der Waals surface area (Å²) in [7, 11) is 1.86. The van der Waals surface area contributed by atoms with Crippen LogP contribution in [-0.4, -0.2) is 52.5 Å². The van der Waals surface area contributed by atoms with Gasteiger partial charge < -0.3 is 10.4 Å². The molecule has 2 atom stereocenters. The Kier molecular flexibility index (Phi) is 6.98. The number of likely N-dealkylation sites (N-methyl/N-ethyl adjacent to an activating group) is 1. The highest BCUT2D eigenvalue weighted by Crippen LogP contribution is 2.05. The Morgan fingerprint density at radius 2 is 1.86 bits per heavy atom. The molecular formula is C16H25N3O3. The summed E-state index contributed by atoms with van der Waals surface area (Å²) in [6.07, 6.45) is 4.29. The van der Waals surface area contributed by atoms with Crippen molar-refractivity contribution in [1.82, 2.24) is 15.2 Å². The molecule has 0 radical (unpaired) electrons. The van der Waals surface area contributed by atoms with Crippen LogP contribution < -0.4 is 5.32 Å². The number of hydrogen-bond acceptors (Lipinski definition) is 4. The SMILES string of the molecule is CC(C)C(NC(=O)C(C)N(C)CCc1ccncc1)C(=O)O. The van der Waals surface area contributed by atoms with Gasteiger partial charge in [0, 0.05) is 18.9 Å². The molecule has 6 heteroatoms. The second kappa shape index (κ2) is 8.48. The molecule has 22 heavy (non-hydrogen) atoms. The van der Waals surface area contributed by atoms with Crippen LogP contribution in [0.3, 0.4) is 0 Å². The Labute approximate surface area is 131 Å². The maximum Gasteiger partial charge on any atom is 0.326 e. The normalized spacial score (nSPS) is 13.9. The number of aromatic nitrogens is 1. The summed E-state index contributed by atoms with van der Waals surface area (Å²) in [4.78, 5) is 29.2. The van der Waals surface area contributed by atoms with Gasteiger partial charge in [-0.3, -0.25) is 14.7 Å². The van der Waals surface area contributed by atoms with Crippen LogP contribution in [0.2, 0.25) is 0 Å². The fraction of sp³-hybridized carbons (Fsp3) is 0.562. The van der Waals surface area contributed by atoms with Crippen LogP contribution in [0.15, 0.2) is 24.5 Å². The third kappa shape index (κ3) is 5.44. The summed E-state index contributed by atoms with van der Waals surface area (Å²) in [5, 5.41) is 11.7. The first-order valence-electron chi connectivity index (χ1n) is 7.45. The third-order valence-electron chi connectivity index (χ3n) is 3.77. The van der Waals surface area contributed by atoms with E-state index in [2.05, 4.69) is 10.3 Å². The summed E-state index contributed by atoms with van der Waals surface area (Å²) in [5.41, 5.74) is 1.15. The van der Waals surface area contributed by atoms with Gasteiger partial charge in [-0.15, -0.1) is 0 Å². The molecule has 0 aromatic carbocycles. The second-order valence-corrected chi connectivity index (χ2v) is 5.83. The molecule has 0 fully saturated rings. The van der Waals surface area contributed by atoms with Gasteiger partial charge in [0.15, 0.2) is 0 Å². The summed E-state index contributed by atoms with van der Waals surface area (Å²) in [5.74, 6) is -1.43. The van der Waals surface area contributed by atoms with Crippen molar-refractivity contribution in [2.45, 2.75) is 39.3 Å². The standard InChI is InChI=1S/C16H25N3O3/c1-11(2)14(16(21)22)18-15(20)12(3)19(4)10-7-13-5-8-17-9-6-13/h5-6,8-9,11-12,14H,7,10H2,1-4H3,(H,18,20)(H,21,22). The second-order valence-electron chi connectivity index (χ2n) is 5.83. The van der Waals surface area contributed by atoms with E-state index >= 15 is 0 Å². The van der Waals surface area contributed by atoms with Crippen molar-refractivity contribution < 1.29 is 14.7 Å². The zero-order valence-corrected chi connectivity index (χ0v) is 13.6. The van der Waals surface area contributed by atoms with Crippen molar-refractivity contribution in [2.75, 3.05) is 13.6 Å². The molecule has 2 N–H and O–H groups in total. The number of carbonyl (C=O) groups excluding carboxylic acids is 1. The van der Waals surface area contributed by atoms with Gasteiger partial charge in [0.25, 0.3) is 0 Å². The lowest BCUT2D eigenvalue weighted by atomic mass is 10.0. The molecule has 2 unspecified atom stereocenters. The minimum atomic E-state index is -1.00. The highest BCUT2D eigenvalue weighted by Gasteiger charge is 2.27. The molecule has 1 amide bonds. The summed E-state index contributed by atoms with van der Waals surface area (Å²) in [6.45, 7) is 6.03. The first-order chi connectivity index (χ1) is 10.3. The van der Waals surface area contributed by atoms with Crippen LogP contribution >= 0.6 is 0 Å². The number of amides is 1. The highest BCUT2D eigenvalue weighted by atomic mass is 16.4. The number of nitrogens with one attached hydrogen (secondary N) is 1. The molecule has 1 heterocycles. The number of carbonyl (C=O) groups is 2. The maximum absolute atomic E-state index is 12.2. The highest BCUT2D eigenvalue weighted by molar-refractivity contribution is 5.86. The first-order valence-corrected chi connectivity index (χ1v) is 7.45. The molecule has 0 saturated carbocycles. The summed E-state index contributed by atoms with van der Waals surface area (Å²) in [6, 6.07) is 2.64. The van der Waals surface area contributed by atoms with Gasteiger partial charge in [0.05, 0.1) is 6.04 Å². The molecule has 0 saturated heterocycles. The van der Waals surface area contributed by atoms with E-state index in [-0.39, 0.29) is 17.9 Å². The van der Waals surface area contributed by atoms with Crippen LogP contribution in [-0.2, 0) is 16.0 Å². The molecule has 0 spiro atoms. The molecule has 0 aliphatic carbocycles. The maximum atomic E-state index is 12.2. The van der Waals surface area contributed by atoms with E-state index in [1.54, 1.807) is 33.2 Å². The number of rotatable bonds is 8. The molecule has 0 aliphatic heterocycles. The lowest BCUT2D eigenvalue weighted by molar-refractivity contribution is -0.143. The summed E-state index contributed by atoms with van der Waals surface area (Å²) >= 11 is 0. The molecule has 1 aromatic heterocycles. The fourth-order valence-electron chi connectivity index (χ4n) is 2.04. The van der Waals surface area contributed by atoms with Gasteiger partial charge in [-0.2, -0.15) is 0 Å². The lowest BCUT2D eigenvalue weighted by Gasteiger charge is -2.26. The van der Waals surface area contributed by atoms with E-state index in [1.165, 1.54) is 0 Å². The molecule has 0 aliphatic rings. The first kappa shape index (κ1) is 18.1. The van der Waals surface area contributed by atoms with Crippen LogP contribution in [0.4, 0.5) is 0 Å². The zero-order chi connectivity index (χ0) is 16.7. The van der Waals surface area contributed by atoms with Crippen molar-refractivity contribution >= 4 is 11.9 Å².